The lowest BCUT2D eigenvalue weighted by molar-refractivity contribution is -0.134. The average molecular weight is 431 g/mol. The van der Waals surface area contributed by atoms with E-state index >= 15 is 0 Å². The molecule has 1 atom stereocenters. The van der Waals surface area contributed by atoms with Crippen LogP contribution in [0.25, 0.3) is 0 Å². The second kappa shape index (κ2) is 9.68. The highest BCUT2D eigenvalue weighted by Crippen LogP contribution is 2.34. The van der Waals surface area contributed by atoms with Gasteiger partial charge in [-0.1, -0.05) is 6.07 Å². The lowest BCUT2D eigenvalue weighted by Gasteiger charge is -2.35. The molecule has 6 nitrogen and oxygen atoms in total. The maximum absolute atomic E-state index is 13.0. The fraction of sp³-hybridized carbons (Fsp3) is 0.455. The fourth-order valence-electron chi connectivity index (χ4n) is 4.18. The van der Waals surface area contributed by atoms with E-state index in [0.717, 1.165) is 19.4 Å². The molecule has 30 heavy (non-hydrogen) atoms. The van der Waals surface area contributed by atoms with E-state index in [-0.39, 0.29) is 24.2 Å². The highest BCUT2D eigenvalue weighted by atomic mass is 32.1. The molecule has 4 rings (SSSR count). The number of thiophene rings is 1. The minimum absolute atomic E-state index is 0.128. The van der Waals surface area contributed by atoms with Gasteiger partial charge in [0.1, 0.15) is 5.82 Å². The zero-order valence-corrected chi connectivity index (χ0v) is 17.7. The Morgan fingerprint density at radius 3 is 2.50 bits per heavy atom. The minimum atomic E-state index is -0.329. The van der Waals surface area contributed by atoms with Crippen molar-refractivity contribution in [3.05, 3.63) is 52.5 Å². The molecular weight excluding hydrogens is 403 g/mol. The summed E-state index contributed by atoms with van der Waals surface area (Å²) < 4.78 is 13.0. The van der Waals surface area contributed by atoms with Crippen LogP contribution in [-0.2, 0) is 9.59 Å². The van der Waals surface area contributed by atoms with Crippen molar-refractivity contribution in [2.45, 2.75) is 18.9 Å². The standard InChI is InChI=1S/C22H27FN4O2S/c23-17-5-7-18(8-6-17)24-21(28)15-25-10-12-26(13-11-25)22(29)16-27-9-1-3-19(27)20-4-2-14-30-20/h2,4-8,14,19H,1,3,9-13,15-16H2,(H,24,28). The minimum Gasteiger partial charge on any atom is -0.339 e. The molecule has 0 bridgehead atoms. The number of nitrogens with zero attached hydrogens (tertiary/aromatic N) is 3. The molecule has 0 saturated carbocycles. The normalized spacial score (nSPS) is 20.4. The lowest BCUT2D eigenvalue weighted by Crippen LogP contribution is -2.52. The topological polar surface area (TPSA) is 55.9 Å². The van der Waals surface area contributed by atoms with E-state index in [1.54, 1.807) is 23.5 Å². The van der Waals surface area contributed by atoms with Gasteiger partial charge in [-0.15, -0.1) is 11.3 Å². The van der Waals surface area contributed by atoms with Gasteiger partial charge < -0.3 is 10.2 Å². The molecule has 8 heteroatoms. The Balaban J connectivity index is 1.21. The third kappa shape index (κ3) is 5.24. The van der Waals surface area contributed by atoms with Gasteiger partial charge in [0.15, 0.2) is 0 Å². The van der Waals surface area contributed by atoms with Gasteiger partial charge in [-0.2, -0.15) is 0 Å². The average Bonchev–Trinajstić information content (AvgIpc) is 3.42. The molecular formula is C22H27FN4O2S. The number of hydrogen-bond donors (Lipinski definition) is 1. The third-order valence-corrected chi connectivity index (χ3v) is 6.77. The summed E-state index contributed by atoms with van der Waals surface area (Å²) in [5.74, 6) is -0.282. The van der Waals surface area contributed by atoms with Crippen LogP contribution in [-0.4, -0.2) is 72.3 Å². The van der Waals surface area contributed by atoms with Crippen molar-refractivity contribution in [2.75, 3.05) is 51.1 Å². The zero-order chi connectivity index (χ0) is 20.9. The molecule has 2 amide bonds. The summed E-state index contributed by atoms with van der Waals surface area (Å²) in [5.41, 5.74) is 0.584. The summed E-state index contributed by atoms with van der Waals surface area (Å²) in [5, 5.41) is 4.88. The number of anilines is 1. The van der Waals surface area contributed by atoms with Crippen molar-refractivity contribution in [1.29, 1.82) is 0 Å². The lowest BCUT2D eigenvalue weighted by atomic mass is 10.2. The first-order valence-electron chi connectivity index (χ1n) is 10.4. The van der Waals surface area contributed by atoms with E-state index < -0.39 is 0 Å². The van der Waals surface area contributed by atoms with Gasteiger partial charge in [-0.3, -0.25) is 19.4 Å². The highest BCUT2D eigenvalue weighted by Gasteiger charge is 2.30. The van der Waals surface area contributed by atoms with Gasteiger partial charge in [0, 0.05) is 42.8 Å². The van der Waals surface area contributed by atoms with Crippen molar-refractivity contribution < 1.29 is 14.0 Å². The Kier molecular flexibility index (Phi) is 6.76. The Bertz CT molecular complexity index is 851. The van der Waals surface area contributed by atoms with E-state index in [1.165, 1.54) is 17.0 Å². The SMILES string of the molecule is O=C(CN1CCN(C(=O)CN2CCCC2c2cccs2)CC1)Nc1ccc(F)cc1. The number of likely N-dealkylation sites (tertiary alicyclic amines) is 1. The predicted molar refractivity (Wildman–Crippen MR) is 116 cm³/mol. The molecule has 2 aliphatic heterocycles. The quantitative estimate of drug-likeness (QED) is 0.766. The molecule has 0 spiro atoms. The predicted octanol–water partition coefficient (Wildman–Crippen LogP) is 2.81. The van der Waals surface area contributed by atoms with Crippen LogP contribution in [0.15, 0.2) is 41.8 Å². The number of benzene rings is 1. The van der Waals surface area contributed by atoms with Crippen LogP contribution in [0.2, 0.25) is 0 Å². The smallest absolute Gasteiger partial charge is 0.238 e. The Morgan fingerprint density at radius 2 is 1.80 bits per heavy atom. The molecule has 160 valence electrons. The first-order chi connectivity index (χ1) is 14.6. The van der Waals surface area contributed by atoms with Crippen LogP contribution < -0.4 is 5.32 Å². The molecule has 1 aromatic heterocycles. The molecule has 2 saturated heterocycles. The number of rotatable bonds is 6. The number of halogens is 1. The summed E-state index contributed by atoms with van der Waals surface area (Å²) in [4.78, 5) is 32.7. The largest absolute Gasteiger partial charge is 0.339 e. The third-order valence-electron chi connectivity index (χ3n) is 5.79. The monoisotopic (exact) mass is 430 g/mol. The Hall–Kier alpha value is -2.29. The summed E-state index contributed by atoms with van der Waals surface area (Å²) in [7, 11) is 0. The summed E-state index contributed by atoms with van der Waals surface area (Å²) in [6.07, 6.45) is 2.25. The molecule has 1 N–H and O–H groups in total. The Morgan fingerprint density at radius 1 is 1.03 bits per heavy atom. The van der Waals surface area contributed by atoms with Gasteiger partial charge in [0.05, 0.1) is 13.1 Å². The summed E-state index contributed by atoms with van der Waals surface area (Å²) in [6.45, 7) is 4.34. The van der Waals surface area contributed by atoms with E-state index in [0.29, 0.717) is 44.5 Å². The summed E-state index contributed by atoms with van der Waals surface area (Å²) >= 11 is 1.76. The molecule has 2 aromatic rings. The maximum atomic E-state index is 13.0. The zero-order valence-electron chi connectivity index (χ0n) is 16.9. The molecule has 1 unspecified atom stereocenters. The van der Waals surface area contributed by atoms with Crippen molar-refractivity contribution in [2.24, 2.45) is 0 Å². The number of carbonyl (C=O) groups excluding carboxylic acids is 2. The van der Waals surface area contributed by atoms with Gasteiger partial charge in [0.25, 0.3) is 0 Å². The van der Waals surface area contributed by atoms with Crippen LogP contribution in [0.3, 0.4) is 0 Å². The first kappa shape index (κ1) is 21.0. The first-order valence-corrected chi connectivity index (χ1v) is 11.3. The van der Waals surface area contributed by atoms with Crippen LogP contribution in [0.1, 0.15) is 23.8 Å². The van der Waals surface area contributed by atoms with Gasteiger partial charge >= 0.3 is 0 Å². The van der Waals surface area contributed by atoms with Gasteiger partial charge in [0.2, 0.25) is 11.8 Å². The number of hydrogen-bond acceptors (Lipinski definition) is 5. The molecule has 0 radical (unpaired) electrons. The molecule has 1 aromatic carbocycles. The fourth-order valence-corrected chi connectivity index (χ4v) is 5.08. The van der Waals surface area contributed by atoms with Gasteiger partial charge in [-0.25, -0.2) is 4.39 Å². The van der Waals surface area contributed by atoms with E-state index in [4.69, 9.17) is 0 Å². The van der Waals surface area contributed by atoms with Crippen molar-refractivity contribution in [1.82, 2.24) is 14.7 Å². The van der Waals surface area contributed by atoms with Crippen LogP contribution in [0.4, 0.5) is 10.1 Å². The molecule has 3 heterocycles. The van der Waals surface area contributed by atoms with Crippen molar-refractivity contribution in [3.63, 3.8) is 0 Å². The van der Waals surface area contributed by atoms with Crippen LogP contribution in [0, 0.1) is 5.82 Å². The van der Waals surface area contributed by atoms with E-state index in [9.17, 15) is 14.0 Å². The molecule has 2 fully saturated rings. The second-order valence-corrected chi connectivity index (χ2v) is 8.84. The molecule has 2 aliphatic rings. The van der Waals surface area contributed by atoms with E-state index in [1.807, 2.05) is 9.80 Å². The Labute approximate surface area is 180 Å². The van der Waals surface area contributed by atoms with Gasteiger partial charge in [-0.05, 0) is 55.1 Å². The van der Waals surface area contributed by atoms with Crippen molar-refractivity contribution in [3.8, 4) is 0 Å². The maximum Gasteiger partial charge on any atom is 0.238 e. The number of amides is 2. The summed E-state index contributed by atoms with van der Waals surface area (Å²) in [6, 6.07) is 10.3. The number of piperazine rings is 1. The second-order valence-electron chi connectivity index (χ2n) is 7.86. The van der Waals surface area contributed by atoms with E-state index in [2.05, 4.69) is 27.7 Å². The molecule has 0 aliphatic carbocycles. The van der Waals surface area contributed by atoms with Crippen LogP contribution >= 0.6 is 11.3 Å². The van der Waals surface area contributed by atoms with Crippen LogP contribution in [0.5, 0.6) is 0 Å². The van der Waals surface area contributed by atoms with Crippen molar-refractivity contribution >= 4 is 28.8 Å². The number of carbonyl (C=O) groups is 2. The highest BCUT2D eigenvalue weighted by molar-refractivity contribution is 7.10. The number of nitrogens with one attached hydrogen (secondary N) is 1.